The Morgan fingerprint density at radius 1 is 0.857 bits per heavy atom. The Kier molecular flexibility index (Phi) is 5.41. The highest BCUT2D eigenvalue weighted by atomic mass is 79.9. The molecule has 0 saturated carbocycles. The van der Waals surface area contributed by atoms with Gasteiger partial charge < -0.3 is 15.1 Å². The van der Waals surface area contributed by atoms with E-state index in [-0.39, 0.29) is 11.1 Å². The molecule has 112 valence electrons. The van der Waals surface area contributed by atoms with Crippen LogP contribution in [0.4, 0.5) is 0 Å². The molecule has 0 aliphatic rings. The molecule has 7 heteroatoms. The van der Waals surface area contributed by atoms with Crippen molar-refractivity contribution in [2.45, 2.75) is 11.7 Å². The number of aliphatic hydroxyl groups is 2. The first-order valence-electron chi connectivity index (χ1n) is 6.01. The van der Waals surface area contributed by atoms with Gasteiger partial charge in [0.15, 0.2) is 11.7 Å². The van der Waals surface area contributed by atoms with Crippen molar-refractivity contribution in [3.8, 4) is 0 Å². The van der Waals surface area contributed by atoms with Crippen LogP contribution < -0.4 is 0 Å². The lowest BCUT2D eigenvalue weighted by Gasteiger charge is -2.24. The van der Waals surface area contributed by atoms with Crippen LogP contribution in [0.5, 0.6) is 0 Å². The van der Waals surface area contributed by atoms with Gasteiger partial charge in [-0.05, 0) is 35.4 Å². The lowest BCUT2D eigenvalue weighted by molar-refractivity contribution is 0.186. The standard InChI is InChI=1S/C14H13Br2O4P/c15-11-5-1-3-9(7-11)13(17)21(19,20)14(18)10-4-2-6-12(16)8-10/h1-8,13-14,17-18H,(H,19,20)/t13-,14-/m0/s1. The maximum absolute atomic E-state index is 12.5. The summed E-state index contributed by atoms with van der Waals surface area (Å²) in [5.41, 5.74) is 0.536. The summed E-state index contributed by atoms with van der Waals surface area (Å²) in [6.07, 6.45) is 0. The summed E-state index contributed by atoms with van der Waals surface area (Å²) in [7, 11) is -4.29. The maximum atomic E-state index is 12.5. The van der Waals surface area contributed by atoms with Crippen molar-refractivity contribution in [2.24, 2.45) is 0 Å². The first kappa shape index (κ1) is 16.9. The fourth-order valence-electron chi connectivity index (χ4n) is 1.90. The molecule has 0 spiro atoms. The zero-order valence-electron chi connectivity index (χ0n) is 10.7. The van der Waals surface area contributed by atoms with E-state index >= 15 is 0 Å². The summed E-state index contributed by atoms with van der Waals surface area (Å²) in [5, 5.41) is 20.3. The lowest BCUT2D eigenvalue weighted by Crippen LogP contribution is -2.07. The second kappa shape index (κ2) is 6.73. The van der Waals surface area contributed by atoms with E-state index in [2.05, 4.69) is 31.9 Å². The first-order valence-corrected chi connectivity index (χ1v) is 9.40. The van der Waals surface area contributed by atoms with Gasteiger partial charge in [-0.1, -0.05) is 56.1 Å². The van der Waals surface area contributed by atoms with Crippen LogP contribution in [-0.2, 0) is 4.57 Å². The van der Waals surface area contributed by atoms with Crippen LogP contribution >= 0.6 is 39.2 Å². The summed E-state index contributed by atoms with van der Waals surface area (Å²) < 4.78 is 13.8. The van der Waals surface area contributed by atoms with Crippen LogP contribution in [0.25, 0.3) is 0 Å². The molecule has 0 bridgehead atoms. The molecule has 2 aromatic rings. The van der Waals surface area contributed by atoms with Gasteiger partial charge in [0.25, 0.3) is 7.37 Å². The second-order valence-corrected chi connectivity index (χ2v) is 8.68. The fourth-order valence-corrected chi connectivity index (χ4v) is 4.17. The van der Waals surface area contributed by atoms with Crippen molar-refractivity contribution < 1.29 is 19.7 Å². The average Bonchev–Trinajstić information content (AvgIpc) is 2.45. The largest absolute Gasteiger partial charge is 0.378 e. The van der Waals surface area contributed by atoms with Crippen LogP contribution in [-0.4, -0.2) is 15.1 Å². The molecule has 0 saturated heterocycles. The quantitative estimate of drug-likeness (QED) is 0.630. The van der Waals surface area contributed by atoms with Gasteiger partial charge in [-0.25, -0.2) is 0 Å². The number of rotatable bonds is 4. The molecule has 3 N–H and O–H groups in total. The van der Waals surface area contributed by atoms with Gasteiger partial charge in [0.1, 0.15) is 0 Å². The van der Waals surface area contributed by atoms with Crippen LogP contribution in [0.15, 0.2) is 57.5 Å². The predicted molar refractivity (Wildman–Crippen MR) is 88.0 cm³/mol. The Morgan fingerprint density at radius 2 is 1.24 bits per heavy atom. The van der Waals surface area contributed by atoms with Gasteiger partial charge in [0.05, 0.1) is 0 Å². The third kappa shape index (κ3) is 3.83. The second-order valence-electron chi connectivity index (χ2n) is 4.53. The monoisotopic (exact) mass is 434 g/mol. The Morgan fingerprint density at radius 3 is 1.57 bits per heavy atom. The SMILES string of the molecule is O=P(O)([C@H](O)c1cccc(Br)c1)[C@H](O)c1cccc(Br)c1. The summed E-state index contributed by atoms with van der Waals surface area (Å²) in [6, 6.07) is 12.9. The van der Waals surface area contributed by atoms with Crippen LogP contribution in [0, 0.1) is 0 Å². The third-order valence-electron chi connectivity index (χ3n) is 2.99. The van der Waals surface area contributed by atoms with Crippen molar-refractivity contribution in [3.63, 3.8) is 0 Å². The Balaban J connectivity index is 2.34. The zero-order chi connectivity index (χ0) is 15.6. The lowest BCUT2D eigenvalue weighted by atomic mass is 10.2. The Labute approximate surface area is 139 Å². The number of hydrogen-bond acceptors (Lipinski definition) is 3. The summed E-state index contributed by atoms with van der Waals surface area (Å²) in [4.78, 5) is 10.2. The van der Waals surface area contributed by atoms with Gasteiger partial charge >= 0.3 is 0 Å². The minimum atomic E-state index is -4.29. The molecule has 2 aromatic carbocycles. The van der Waals surface area contributed by atoms with E-state index in [0.717, 1.165) is 0 Å². The minimum Gasteiger partial charge on any atom is -0.378 e. The number of halogens is 2. The highest BCUT2D eigenvalue weighted by molar-refractivity contribution is 9.10. The first-order chi connectivity index (χ1) is 9.82. The smallest absolute Gasteiger partial charge is 0.264 e. The van der Waals surface area contributed by atoms with Crippen LogP contribution in [0.2, 0.25) is 0 Å². The molecule has 0 heterocycles. The van der Waals surface area contributed by atoms with Crippen LogP contribution in [0.3, 0.4) is 0 Å². The molecule has 4 nitrogen and oxygen atoms in total. The van der Waals surface area contributed by atoms with E-state index in [1.807, 2.05) is 0 Å². The molecule has 2 rings (SSSR count). The van der Waals surface area contributed by atoms with E-state index in [9.17, 15) is 19.7 Å². The molecular weight excluding hydrogens is 423 g/mol. The van der Waals surface area contributed by atoms with Crippen molar-refractivity contribution in [1.29, 1.82) is 0 Å². The van der Waals surface area contributed by atoms with Crippen molar-refractivity contribution in [3.05, 3.63) is 68.6 Å². The van der Waals surface area contributed by atoms with Gasteiger partial charge in [-0.15, -0.1) is 0 Å². The molecule has 0 fully saturated rings. The Bertz CT molecular complexity index is 637. The van der Waals surface area contributed by atoms with Gasteiger partial charge in [-0.2, -0.15) is 0 Å². The molecule has 0 aliphatic carbocycles. The van der Waals surface area contributed by atoms with Crippen molar-refractivity contribution >= 4 is 39.2 Å². The predicted octanol–water partition coefficient (Wildman–Crippen LogP) is 4.16. The zero-order valence-corrected chi connectivity index (χ0v) is 14.8. The fraction of sp³-hybridized carbons (Fsp3) is 0.143. The topological polar surface area (TPSA) is 77.8 Å². The number of hydrogen-bond donors (Lipinski definition) is 3. The van der Waals surface area contributed by atoms with E-state index in [1.54, 1.807) is 36.4 Å². The normalized spacial score (nSPS) is 14.7. The van der Waals surface area contributed by atoms with Crippen LogP contribution in [0.1, 0.15) is 22.8 Å². The highest BCUT2D eigenvalue weighted by Crippen LogP contribution is 2.63. The molecule has 0 amide bonds. The number of aliphatic hydroxyl groups excluding tert-OH is 2. The average molecular weight is 436 g/mol. The molecular formula is C14H13Br2O4P. The van der Waals surface area contributed by atoms with E-state index in [1.165, 1.54) is 12.1 Å². The minimum absolute atomic E-state index is 0.268. The van der Waals surface area contributed by atoms with Gasteiger partial charge in [-0.3, -0.25) is 4.57 Å². The molecule has 2 atom stereocenters. The van der Waals surface area contributed by atoms with E-state index in [0.29, 0.717) is 8.95 Å². The molecule has 0 unspecified atom stereocenters. The van der Waals surface area contributed by atoms with Gasteiger partial charge in [0.2, 0.25) is 0 Å². The van der Waals surface area contributed by atoms with E-state index < -0.39 is 19.1 Å². The van der Waals surface area contributed by atoms with Gasteiger partial charge in [0, 0.05) is 8.95 Å². The molecule has 21 heavy (non-hydrogen) atoms. The maximum Gasteiger partial charge on any atom is 0.264 e. The highest BCUT2D eigenvalue weighted by Gasteiger charge is 2.39. The summed E-state index contributed by atoms with van der Waals surface area (Å²) >= 11 is 6.48. The molecule has 0 aliphatic heterocycles. The summed E-state index contributed by atoms with van der Waals surface area (Å²) in [6.45, 7) is 0. The molecule has 0 aromatic heterocycles. The number of benzene rings is 2. The van der Waals surface area contributed by atoms with E-state index in [4.69, 9.17) is 0 Å². The van der Waals surface area contributed by atoms with Crippen molar-refractivity contribution in [1.82, 2.24) is 0 Å². The summed E-state index contributed by atoms with van der Waals surface area (Å²) in [5.74, 6) is -3.33. The molecule has 0 radical (unpaired) electrons. The Hall–Kier alpha value is -0.490. The third-order valence-corrected chi connectivity index (χ3v) is 5.98. The van der Waals surface area contributed by atoms with Crippen molar-refractivity contribution in [2.75, 3.05) is 0 Å².